The highest BCUT2D eigenvalue weighted by Crippen LogP contribution is 2.10. The van der Waals surface area contributed by atoms with Crippen molar-refractivity contribution >= 4 is 11.9 Å². The van der Waals surface area contributed by atoms with Gasteiger partial charge in [-0.25, -0.2) is 9.97 Å². The predicted molar refractivity (Wildman–Crippen MR) is 66.7 cm³/mol. The minimum atomic E-state index is -0.938. The van der Waals surface area contributed by atoms with Gasteiger partial charge >= 0.3 is 5.97 Å². The van der Waals surface area contributed by atoms with Gasteiger partial charge in [0.1, 0.15) is 6.33 Å². The third-order valence-corrected chi connectivity index (χ3v) is 2.57. The quantitative estimate of drug-likeness (QED) is 0.799. The second-order valence-electron chi connectivity index (χ2n) is 4.31. The third-order valence-electron chi connectivity index (χ3n) is 2.57. The minimum absolute atomic E-state index is 0.139. The van der Waals surface area contributed by atoms with E-state index in [1.54, 1.807) is 20.0 Å². The Kier molecular flexibility index (Phi) is 5.23. The first kappa shape index (κ1) is 14.9. The van der Waals surface area contributed by atoms with E-state index < -0.39 is 11.9 Å². The van der Waals surface area contributed by atoms with Gasteiger partial charge in [-0.3, -0.25) is 9.59 Å². The summed E-state index contributed by atoms with van der Waals surface area (Å²) in [4.78, 5) is 31.5. The van der Waals surface area contributed by atoms with E-state index in [1.165, 1.54) is 18.3 Å². The molecule has 1 atom stereocenters. The van der Waals surface area contributed by atoms with Gasteiger partial charge in [0.25, 0.3) is 5.91 Å². The van der Waals surface area contributed by atoms with Crippen molar-refractivity contribution in [2.45, 2.75) is 13.8 Å². The van der Waals surface area contributed by atoms with Crippen LogP contribution in [0.5, 0.6) is 5.88 Å². The van der Waals surface area contributed by atoms with Crippen molar-refractivity contribution in [3.63, 3.8) is 0 Å². The Morgan fingerprint density at radius 3 is 2.79 bits per heavy atom. The van der Waals surface area contributed by atoms with Crippen LogP contribution in [0.4, 0.5) is 0 Å². The molecule has 0 aliphatic carbocycles. The highest BCUT2D eigenvalue weighted by atomic mass is 16.5. The number of nitrogens with zero attached hydrogens (tertiary/aromatic N) is 3. The van der Waals surface area contributed by atoms with Crippen LogP contribution in [0.2, 0.25) is 0 Å². The molecule has 0 fully saturated rings. The second-order valence-corrected chi connectivity index (χ2v) is 4.31. The van der Waals surface area contributed by atoms with Gasteiger partial charge in [-0.05, 0) is 6.92 Å². The van der Waals surface area contributed by atoms with Crippen LogP contribution < -0.4 is 4.74 Å². The average Bonchev–Trinajstić information content (AvgIpc) is 2.37. The maximum Gasteiger partial charge on any atom is 0.308 e. The molecule has 1 heterocycles. The number of likely N-dealkylation sites (N-methyl/N-ethyl adjacent to an activating group) is 1. The van der Waals surface area contributed by atoms with Gasteiger partial charge in [0.05, 0.1) is 5.92 Å². The van der Waals surface area contributed by atoms with Gasteiger partial charge < -0.3 is 14.7 Å². The van der Waals surface area contributed by atoms with Crippen molar-refractivity contribution < 1.29 is 19.4 Å². The lowest BCUT2D eigenvalue weighted by molar-refractivity contribution is -0.143. The van der Waals surface area contributed by atoms with Gasteiger partial charge in [0.15, 0.2) is 6.61 Å². The molecule has 1 amide bonds. The summed E-state index contributed by atoms with van der Waals surface area (Å²) in [6, 6.07) is 0. The van der Waals surface area contributed by atoms with Crippen molar-refractivity contribution in [2.24, 2.45) is 5.92 Å². The Morgan fingerprint density at radius 2 is 2.21 bits per heavy atom. The summed E-state index contributed by atoms with van der Waals surface area (Å²) in [5.74, 6) is -1.50. The van der Waals surface area contributed by atoms with Crippen molar-refractivity contribution in [3.05, 3.63) is 18.1 Å². The van der Waals surface area contributed by atoms with Crippen LogP contribution in [0.15, 0.2) is 12.5 Å². The van der Waals surface area contributed by atoms with E-state index in [1.807, 2.05) is 0 Å². The first-order valence-electron chi connectivity index (χ1n) is 5.78. The van der Waals surface area contributed by atoms with E-state index in [-0.39, 0.29) is 19.1 Å². The molecular weight excluding hydrogens is 250 g/mol. The fraction of sp³-hybridized carbons (Fsp3) is 0.500. The zero-order valence-electron chi connectivity index (χ0n) is 11.2. The summed E-state index contributed by atoms with van der Waals surface area (Å²) in [5.41, 5.74) is 0.733. The highest BCUT2D eigenvalue weighted by molar-refractivity contribution is 5.78. The molecule has 0 radical (unpaired) electrons. The van der Waals surface area contributed by atoms with Crippen LogP contribution >= 0.6 is 0 Å². The molecule has 104 valence electrons. The van der Waals surface area contributed by atoms with E-state index in [4.69, 9.17) is 9.84 Å². The molecule has 1 rings (SSSR count). The number of amides is 1. The smallest absolute Gasteiger partial charge is 0.308 e. The summed E-state index contributed by atoms with van der Waals surface area (Å²) in [7, 11) is 1.54. The van der Waals surface area contributed by atoms with Crippen LogP contribution in [0.3, 0.4) is 0 Å². The van der Waals surface area contributed by atoms with Crippen LogP contribution in [-0.4, -0.2) is 52.1 Å². The summed E-state index contributed by atoms with van der Waals surface area (Å²) in [5, 5.41) is 8.77. The van der Waals surface area contributed by atoms with Crippen LogP contribution in [-0.2, 0) is 9.59 Å². The third kappa shape index (κ3) is 4.53. The lowest BCUT2D eigenvalue weighted by atomic mass is 10.2. The number of carboxylic acid groups (broad SMARTS) is 1. The number of rotatable bonds is 6. The number of carbonyl (C=O) groups is 2. The molecule has 1 unspecified atom stereocenters. The molecule has 1 aromatic rings. The first-order chi connectivity index (χ1) is 8.91. The van der Waals surface area contributed by atoms with E-state index in [2.05, 4.69) is 9.97 Å². The van der Waals surface area contributed by atoms with Gasteiger partial charge in [0, 0.05) is 25.4 Å². The van der Waals surface area contributed by atoms with Crippen molar-refractivity contribution in [1.29, 1.82) is 0 Å². The van der Waals surface area contributed by atoms with E-state index in [0.717, 1.165) is 5.56 Å². The monoisotopic (exact) mass is 267 g/mol. The molecule has 0 bridgehead atoms. The Balaban J connectivity index is 2.47. The minimum Gasteiger partial charge on any atom is -0.481 e. The van der Waals surface area contributed by atoms with Gasteiger partial charge in [0.2, 0.25) is 5.88 Å². The van der Waals surface area contributed by atoms with Crippen LogP contribution in [0.25, 0.3) is 0 Å². The number of hydrogen-bond acceptors (Lipinski definition) is 5. The number of aromatic nitrogens is 2. The zero-order chi connectivity index (χ0) is 14.4. The van der Waals surface area contributed by atoms with Crippen molar-refractivity contribution in [3.8, 4) is 5.88 Å². The van der Waals surface area contributed by atoms with E-state index in [9.17, 15) is 9.59 Å². The number of carbonyl (C=O) groups excluding carboxylic acids is 1. The Bertz CT molecular complexity index is 464. The molecule has 0 aliphatic heterocycles. The molecule has 0 aromatic carbocycles. The molecular formula is C12H17N3O4. The standard InChI is InChI=1S/C12H17N3O4/c1-8-4-13-7-14-11(8)19-6-10(16)15(3)5-9(2)12(17)18/h4,7,9H,5-6H2,1-3H3,(H,17,18). The number of aryl methyl sites for hydroxylation is 1. The fourth-order valence-corrected chi connectivity index (χ4v) is 1.37. The number of ether oxygens (including phenoxy) is 1. The lowest BCUT2D eigenvalue weighted by Gasteiger charge is -2.19. The normalized spacial score (nSPS) is 11.7. The Morgan fingerprint density at radius 1 is 1.53 bits per heavy atom. The van der Waals surface area contributed by atoms with Crippen LogP contribution in [0.1, 0.15) is 12.5 Å². The average molecular weight is 267 g/mol. The van der Waals surface area contributed by atoms with E-state index in [0.29, 0.717) is 5.88 Å². The van der Waals surface area contributed by atoms with Crippen LogP contribution in [0, 0.1) is 12.8 Å². The van der Waals surface area contributed by atoms with Crippen molar-refractivity contribution in [2.75, 3.05) is 20.2 Å². The molecule has 7 heteroatoms. The fourth-order valence-electron chi connectivity index (χ4n) is 1.37. The molecule has 1 N–H and O–H groups in total. The van der Waals surface area contributed by atoms with Gasteiger partial charge in [-0.15, -0.1) is 0 Å². The maximum absolute atomic E-state index is 11.8. The lowest BCUT2D eigenvalue weighted by Crippen LogP contribution is -2.36. The van der Waals surface area contributed by atoms with Gasteiger partial charge in [-0.1, -0.05) is 6.92 Å². The Labute approximate surface area is 111 Å². The number of carboxylic acids is 1. The molecule has 0 saturated carbocycles. The molecule has 19 heavy (non-hydrogen) atoms. The molecule has 0 spiro atoms. The molecule has 0 aliphatic rings. The maximum atomic E-state index is 11.8. The number of aliphatic carboxylic acids is 1. The molecule has 7 nitrogen and oxygen atoms in total. The van der Waals surface area contributed by atoms with Gasteiger partial charge in [-0.2, -0.15) is 0 Å². The Hall–Kier alpha value is -2.18. The summed E-state index contributed by atoms with van der Waals surface area (Å²) >= 11 is 0. The highest BCUT2D eigenvalue weighted by Gasteiger charge is 2.18. The SMILES string of the molecule is Cc1cncnc1OCC(=O)N(C)CC(C)C(=O)O. The summed E-state index contributed by atoms with van der Waals surface area (Å²) in [6.07, 6.45) is 2.92. The summed E-state index contributed by atoms with van der Waals surface area (Å²) in [6.45, 7) is 3.28. The summed E-state index contributed by atoms with van der Waals surface area (Å²) < 4.78 is 5.27. The molecule has 0 saturated heterocycles. The number of hydrogen-bond donors (Lipinski definition) is 1. The van der Waals surface area contributed by atoms with E-state index >= 15 is 0 Å². The predicted octanol–water partition coefficient (Wildman–Crippen LogP) is 0.343. The zero-order valence-corrected chi connectivity index (χ0v) is 11.2. The first-order valence-corrected chi connectivity index (χ1v) is 5.78. The molecule has 1 aromatic heterocycles. The largest absolute Gasteiger partial charge is 0.481 e. The second kappa shape index (κ2) is 6.67. The topological polar surface area (TPSA) is 92.6 Å². The van der Waals surface area contributed by atoms with Crippen molar-refractivity contribution in [1.82, 2.24) is 14.9 Å².